The number of hydrogen-bond donors (Lipinski definition) is 1. The molecule has 19 heavy (non-hydrogen) atoms. The summed E-state index contributed by atoms with van der Waals surface area (Å²) in [5, 5.41) is 9.20. The molecule has 2 aliphatic carbocycles. The zero-order valence-electron chi connectivity index (χ0n) is 12.0. The predicted molar refractivity (Wildman–Crippen MR) is 72.7 cm³/mol. The molecule has 2 fully saturated rings. The van der Waals surface area contributed by atoms with Crippen LogP contribution in [-0.2, 0) is 9.59 Å². The lowest BCUT2D eigenvalue weighted by Crippen LogP contribution is -2.44. The summed E-state index contributed by atoms with van der Waals surface area (Å²) in [5.41, 5.74) is 0. The number of carbonyl (C=O) groups excluding carboxylic acids is 1. The van der Waals surface area contributed by atoms with Gasteiger partial charge in [-0.1, -0.05) is 26.2 Å². The van der Waals surface area contributed by atoms with E-state index >= 15 is 0 Å². The summed E-state index contributed by atoms with van der Waals surface area (Å²) < 4.78 is 0. The van der Waals surface area contributed by atoms with Gasteiger partial charge in [0.2, 0.25) is 5.91 Å². The molecule has 0 saturated heterocycles. The average Bonchev–Trinajstić information content (AvgIpc) is 2.86. The Labute approximate surface area is 115 Å². The fraction of sp³-hybridized carbons (Fsp3) is 0.867. The van der Waals surface area contributed by atoms with Gasteiger partial charge in [-0.15, -0.1) is 0 Å². The van der Waals surface area contributed by atoms with Crippen LogP contribution in [0, 0.1) is 17.8 Å². The van der Waals surface area contributed by atoms with Gasteiger partial charge < -0.3 is 10.0 Å². The molecule has 4 heteroatoms. The lowest BCUT2D eigenvalue weighted by molar-refractivity contribution is -0.149. The number of carbonyl (C=O) groups is 2. The first-order valence-electron chi connectivity index (χ1n) is 7.50. The molecular weight excluding hydrogens is 242 g/mol. The highest BCUT2D eigenvalue weighted by atomic mass is 16.4. The molecule has 4 nitrogen and oxygen atoms in total. The minimum atomic E-state index is -0.804. The zero-order valence-corrected chi connectivity index (χ0v) is 12.0. The van der Waals surface area contributed by atoms with E-state index in [1.54, 1.807) is 0 Å². The van der Waals surface area contributed by atoms with Crippen LogP contribution < -0.4 is 0 Å². The van der Waals surface area contributed by atoms with Crippen LogP contribution in [-0.4, -0.2) is 35.0 Å². The summed E-state index contributed by atoms with van der Waals surface area (Å²) in [5.74, 6) is -0.825. The largest absolute Gasteiger partial charge is 0.481 e. The molecule has 1 amide bonds. The zero-order chi connectivity index (χ0) is 14.0. The molecule has 2 rings (SSSR count). The first-order valence-corrected chi connectivity index (χ1v) is 7.50. The van der Waals surface area contributed by atoms with E-state index in [1.807, 2.05) is 11.9 Å². The normalized spacial score (nSPS) is 35.1. The summed E-state index contributed by atoms with van der Waals surface area (Å²) in [4.78, 5) is 25.6. The quantitative estimate of drug-likeness (QED) is 0.854. The molecule has 0 radical (unpaired) electrons. The maximum Gasteiger partial charge on any atom is 0.307 e. The second-order valence-corrected chi connectivity index (χ2v) is 6.36. The Hall–Kier alpha value is -1.06. The van der Waals surface area contributed by atoms with Gasteiger partial charge in [-0.25, -0.2) is 0 Å². The van der Waals surface area contributed by atoms with Crippen molar-refractivity contribution in [3.8, 4) is 0 Å². The van der Waals surface area contributed by atoms with Gasteiger partial charge in [0.1, 0.15) is 0 Å². The highest BCUT2D eigenvalue weighted by Gasteiger charge is 2.40. The Morgan fingerprint density at radius 3 is 2.32 bits per heavy atom. The number of rotatable bonds is 3. The molecule has 0 bridgehead atoms. The van der Waals surface area contributed by atoms with E-state index in [0.717, 1.165) is 25.7 Å². The summed E-state index contributed by atoms with van der Waals surface area (Å²) in [7, 11) is 1.86. The van der Waals surface area contributed by atoms with E-state index in [4.69, 9.17) is 0 Å². The van der Waals surface area contributed by atoms with Crippen molar-refractivity contribution in [1.29, 1.82) is 0 Å². The van der Waals surface area contributed by atoms with Gasteiger partial charge in [0.15, 0.2) is 0 Å². The molecule has 0 aromatic heterocycles. The minimum Gasteiger partial charge on any atom is -0.481 e. The van der Waals surface area contributed by atoms with Crippen LogP contribution in [0.2, 0.25) is 0 Å². The van der Waals surface area contributed by atoms with Crippen LogP contribution in [0.5, 0.6) is 0 Å². The number of aliphatic carboxylic acids is 1. The number of carboxylic acids is 1. The number of nitrogens with zero attached hydrogens (tertiary/aromatic N) is 1. The van der Waals surface area contributed by atoms with Crippen LogP contribution in [0.3, 0.4) is 0 Å². The Morgan fingerprint density at radius 1 is 1.05 bits per heavy atom. The van der Waals surface area contributed by atoms with Crippen molar-refractivity contribution >= 4 is 11.9 Å². The third-order valence-electron chi connectivity index (χ3n) is 4.95. The predicted octanol–water partition coefficient (Wildman–Crippen LogP) is 2.52. The van der Waals surface area contributed by atoms with Gasteiger partial charge in [0, 0.05) is 13.1 Å². The lowest BCUT2D eigenvalue weighted by atomic mass is 9.85. The third-order valence-corrected chi connectivity index (χ3v) is 4.95. The van der Waals surface area contributed by atoms with Crippen LogP contribution in [0.1, 0.15) is 51.9 Å². The molecule has 108 valence electrons. The van der Waals surface area contributed by atoms with Gasteiger partial charge in [-0.2, -0.15) is 0 Å². The van der Waals surface area contributed by atoms with E-state index < -0.39 is 11.9 Å². The molecule has 0 spiro atoms. The van der Waals surface area contributed by atoms with Crippen molar-refractivity contribution in [1.82, 2.24) is 4.90 Å². The number of hydrogen-bond acceptors (Lipinski definition) is 2. The van der Waals surface area contributed by atoms with Gasteiger partial charge in [0.05, 0.1) is 11.8 Å². The fourth-order valence-corrected chi connectivity index (χ4v) is 3.75. The molecule has 2 aliphatic rings. The second kappa shape index (κ2) is 5.93. The third kappa shape index (κ3) is 3.10. The molecule has 0 aromatic rings. The lowest BCUT2D eigenvalue weighted by Gasteiger charge is -2.36. The highest BCUT2D eigenvalue weighted by Crippen LogP contribution is 2.35. The van der Waals surface area contributed by atoms with Crippen LogP contribution in [0.25, 0.3) is 0 Å². The maximum absolute atomic E-state index is 12.5. The van der Waals surface area contributed by atoms with Gasteiger partial charge in [0.25, 0.3) is 0 Å². The standard InChI is InChI=1S/C15H25NO3/c1-10-5-3-6-11(9-10)16(2)14(17)12-7-4-8-13(12)15(18)19/h10-13H,3-9H2,1-2H3,(H,18,19)/t10?,11?,12-,13+/m1/s1. The van der Waals surface area contributed by atoms with E-state index in [1.165, 1.54) is 12.8 Å². The van der Waals surface area contributed by atoms with E-state index in [0.29, 0.717) is 18.4 Å². The molecule has 1 N–H and O–H groups in total. The van der Waals surface area contributed by atoms with Gasteiger partial charge in [-0.3, -0.25) is 9.59 Å². The molecule has 0 aromatic carbocycles. The topological polar surface area (TPSA) is 57.6 Å². The molecule has 2 saturated carbocycles. The maximum atomic E-state index is 12.5. The van der Waals surface area contributed by atoms with Crippen molar-refractivity contribution in [2.45, 2.75) is 57.9 Å². The van der Waals surface area contributed by atoms with Gasteiger partial charge >= 0.3 is 5.97 Å². The Kier molecular flexibility index (Phi) is 4.48. The van der Waals surface area contributed by atoms with E-state index in [2.05, 4.69) is 6.92 Å². The molecule has 2 unspecified atom stereocenters. The minimum absolute atomic E-state index is 0.0593. The Morgan fingerprint density at radius 2 is 1.68 bits per heavy atom. The smallest absolute Gasteiger partial charge is 0.307 e. The van der Waals surface area contributed by atoms with Crippen LogP contribution >= 0.6 is 0 Å². The summed E-state index contributed by atoms with van der Waals surface area (Å²) in [6.45, 7) is 2.24. The van der Waals surface area contributed by atoms with E-state index in [9.17, 15) is 14.7 Å². The van der Waals surface area contributed by atoms with Crippen molar-refractivity contribution < 1.29 is 14.7 Å². The monoisotopic (exact) mass is 267 g/mol. The van der Waals surface area contributed by atoms with Gasteiger partial charge in [-0.05, 0) is 31.6 Å². The van der Waals surface area contributed by atoms with Crippen molar-refractivity contribution in [2.75, 3.05) is 7.05 Å². The Bertz CT molecular complexity index is 355. The molecule has 4 atom stereocenters. The summed E-state index contributed by atoms with van der Waals surface area (Å²) in [6.07, 6.45) is 6.81. The SMILES string of the molecule is CC1CCCC(N(C)C(=O)[C@@H]2CCC[C@@H]2C(=O)O)C1. The second-order valence-electron chi connectivity index (χ2n) is 6.36. The van der Waals surface area contributed by atoms with Crippen molar-refractivity contribution in [3.63, 3.8) is 0 Å². The molecule has 0 heterocycles. The van der Waals surface area contributed by atoms with Crippen LogP contribution in [0.4, 0.5) is 0 Å². The van der Waals surface area contributed by atoms with Crippen molar-refractivity contribution in [2.24, 2.45) is 17.8 Å². The summed E-state index contributed by atoms with van der Waals surface area (Å²) in [6, 6.07) is 0.311. The highest BCUT2D eigenvalue weighted by molar-refractivity contribution is 5.85. The summed E-state index contributed by atoms with van der Waals surface area (Å²) >= 11 is 0. The van der Waals surface area contributed by atoms with Crippen molar-refractivity contribution in [3.05, 3.63) is 0 Å². The molecule has 0 aliphatic heterocycles. The molecular formula is C15H25NO3. The van der Waals surface area contributed by atoms with E-state index in [-0.39, 0.29) is 11.8 Å². The number of amides is 1. The van der Waals surface area contributed by atoms with Crippen LogP contribution in [0.15, 0.2) is 0 Å². The number of carboxylic acid groups (broad SMARTS) is 1. The fourth-order valence-electron chi connectivity index (χ4n) is 3.75. The first-order chi connectivity index (χ1) is 9.00. The first kappa shape index (κ1) is 14.4. The average molecular weight is 267 g/mol. The Balaban J connectivity index is 2.00.